The summed E-state index contributed by atoms with van der Waals surface area (Å²) < 4.78 is 40.1. The number of carbonyl (C=O) groups excluding carboxylic acids is 1. The molecule has 1 saturated carbocycles. The van der Waals surface area contributed by atoms with Gasteiger partial charge < -0.3 is 4.79 Å². The number of alkyl halides is 3. The predicted octanol–water partition coefficient (Wildman–Crippen LogP) is 3.62. The first-order chi connectivity index (χ1) is 10.4. The van der Waals surface area contributed by atoms with E-state index >= 15 is 0 Å². The molecule has 0 saturated heterocycles. The number of hydrogen-bond acceptors (Lipinski definition) is 3. The number of para-hydroxylation sites is 1. The van der Waals surface area contributed by atoms with Crippen LogP contribution < -0.4 is 5.01 Å². The van der Waals surface area contributed by atoms with E-state index in [4.69, 9.17) is 0 Å². The first-order valence-electron chi connectivity index (χ1n) is 7.32. The van der Waals surface area contributed by atoms with Crippen molar-refractivity contribution < 1.29 is 18.0 Å². The topological polar surface area (TPSA) is 23.6 Å². The largest absolute Gasteiger partial charge is 0.418 e. The normalized spacial score (nSPS) is 24.9. The summed E-state index contributed by atoms with van der Waals surface area (Å²) in [5.74, 6) is 0.0686. The van der Waals surface area contributed by atoms with E-state index in [0.29, 0.717) is 6.54 Å². The van der Waals surface area contributed by atoms with Crippen LogP contribution in [0.25, 0.3) is 0 Å². The van der Waals surface area contributed by atoms with Gasteiger partial charge in [0, 0.05) is 12.7 Å². The molecule has 3 rings (SSSR count). The minimum absolute atomic E-state index is 0.0286. The molecule has 0 amide bonds. The molecular formula is C16H17F3N2O. The van der Waals surface area contributed by atoms with Crippen LogP contribution in [0.15, 0.2) is 36.5 Å². The van der Waals surface area contributed by atoms with Crippen molar-refractivity contribution in [2.75, 3.05) is 11.6 Å². The van der Waals surface area contributed by atoms with Gasteiger partial charge >= 0.3 is 6.18 Å². The highest BCUT2D eigenvalue weighted by molar-refractivity contribution is 5.79. The molecule has 118 valence electrons. The molecule has 1 aromatic carbocycles. The van der Waals surface area contributed by atoms with Crippen molar-refractivity contribution in [2.24, 2.45) is 5.92 Å². The van der Waals surface area contributed by atoms with Crippen molar-refractivity contribution in [2.45, 2.75) is 31.5 Å². The van der Waals surface area contributed by atoms with Crippen LogP contribution in [-0.4, -0.2) is 23.4 Å². The van der Waals surface area contributed by atoms with Gasteiger partial charge in [-0.05, 0) is 43.9 Å². The van der Waals surface area contributed by atoms with E-state index < -0.39 is 17.3 Å². The fourth-order valence-electron chi connectivity index (χ4n) is 3.10. The van der Waals surface area contributed by atoms with E-state index in [1.165, 1.54) is 17.1 Å². The zero-order valence-electron chi connectivity index (χ0n) is 12.2. The van der Waals surface area contributed by atoms with E-state index in [0.717, 1.165) is 25.2 Å². The maximum absolute atomic E-state index is 13.4. The van der Waals surface area contributed by atoms with Crippen LogP contribution >= 0.6 is 0 Å². The quantitative estimate of drug-likeness (QED) is 0.794. The fraction of sp³-hybridized carbons (Fsp3) is 0.438. The molecule has 0 radical (unpaired) electrons. The van der Waals surface area contributed by atoms with Crippen molar-refractivity contribution in [1.82, 2.24) is 5.01 Å². The molecule has 6 heteroatoms. The smallest absolute Gasteiger partial charge is 0.300 e. The van der Waals surface area contributed by atoms with Gasteiger partial charge in [-0.15, -0.1) is 0 Å². The minimum Gasteiger partial charge on any atom is -0.300 e. The molecule has 1 fully saturated rings. The second kappa shape index (κ2) is 5.04. The van der Waals surface area contributed by atoms with Crippen molar-refractivity contribution in [3.63, 3.8) is 0 Å². The average Bonchev–Trinajstić information content (AvgIpc) is 3.27. The Balaban J connectivity index is 2.14. The lowest BCUT2D eigenvalue weighted by Gasteiger charge is -2.41. The van der Waals surface area contributed by atoms with Gasteiger partial charge in [-0.1, -0.05) is 12.1 Å². The van der Waals surface area contributed by atoms with E-state index in [1.807, 2.05) is 6.92 Å². The maximum Gasteiger partial charge on any atom is 0.418 e. The van der Waals surface area contributed by atoms with Crippen molar-refractivity contribution in [3.8, 4) is 0 Å². The Morgan fingerprint density at radius 2 is 2.00 bits per heavy atom. The summed E-state index contributed by atoms with van der Waals surface area (Å²) in [4.78, 5) is 11.8. The van der Waals surface area contributed by atoms with Crippen molar-refractivity contribution in [3.05, 3.63) is 42.1 Å². The Labute approximate surface area is 127 Å². The second-order valence-electron chi connectivity index (χ2n) is 5.68. The third-order valence-corrected chi connectivity index (χ3v) is 4.32. The fourth-order valence-corrected chi connectivity index (χ4v) is 3.10. The lowest BCUT2D eigenvalue weighted by Crippen LogP contribution is -2.54. The Kier molecular flexibility index (Phi) is 3.42. The monoisotopic (exact) mass is 310 g/mol. The van der Waals surface area contributed by atoms with Gasteiger partial charge in [0.15, 0.2) is 6.29 Å². The maximum atomic E-state index is 13.4. The summed E-state index contributed by atoms with van der Waals surface area (Å²) >= 11 is 0. The number of benzene rings is 1. The van der Waals surface area contributed by atoms with E-state index in [1.54, 1.807) is 23.4 Å². The molecule has 1 aliphatic carbocycles. The number of hydrogen-bond donors (Lipinski definition) is 0. The molecule has 3 nitrogen and oxygen atoms in total. The van der Waals surface area contributed by atoms with Crippen molar-refractivity contribution in [1.29, 1.82) is 0 Å². The SMILES string of the molecule is CCN1C=CC(C=O)(C2CC2)N1c1ccccc1C(F)(F)F. The number of aldehydes is 1. The van der Waals surface area contributed by atoms with Crippen LogP contribution in [0, 0.1) is 5.92 Å². The van der Waals surface area contributed by atoms with Gasteiger partial charge in [0.05, 0.1) is 11.3 Å². The van der Waals surface area contributed by atoms with Crippen molar-refractivity contribution >= 4 is 12.0 Å². The standard InChI is InChI=1S/C16H17F3N2O/c1-2-20-10-9-15(11-22,12-7-8-12)21(20)14-6-4-3-5-13(14)16(17,18)19/h3-6,9-12H,2,7-8H2,1H3. The summed E-state index contributed by atoms with van der Waals surface area (Å²) in [6.45, 7) is 2.34. The Bertz CT molecular complexity index is 610. The number of rotatable bonds is 4. The molecule has 2 aliphatic rings. The van der Waals surface area contributed by atoms with Crippen LogP contribution in [0.3, 0.4) is 0 Å². The summed E-state index contributed by atoms with van der Waals surface area (Å²) in [5, 5.41) is 3.19. The van der Waals surface area contributed by atoms with Gasteiger partial charge in [-0.2, -0.15) is 13.2 Å². The van der Waals surface area contributed by atoms with Crippen LogP contribution in [0.5, 0.6) is 0 Å². The lowest BCUT2D eigenvalue weighted by molar-refractivity contribution is -0.137. The summed E-state index contributed by atoms with van der Waals surface area (Å²) in [6, 6.07) is 5.42. The van der Waals surface area contributed by atoms with E-state index in [9.17, 15) is 18.0 Å². The lowest BCUT2D eigenvalue weighted by atomic mass is 9.94. The number of hydrazine groups is 1. The highest BCUT2D eigenvalue weighted by atomic mass is 19.4. The number of anilines is 1. The van der Waals surface area contributed by atoms with Gasteiger partial charge in [-0.3, -0.25) is 10.0 Å². The molecule has 1 aromatic rings. The van der Waals surface area contributed by atoms with Gasteiger partial charge in [-0.25, -0.2) is 0 Å². The molecule has 1 heterocycles. The molecule has 1 atom stereocenters. The summed E-state index contributed by atoms with van der Waals surface area (Å²) in [7, 11) is 0. The summed E-state index contributed by atoms with van der Waals surface area (Å²) in [6.07, 6.45) is 1.46. The summed E-state index contributed by atoms with van der Waals surface area (Å²) in [5.41, 5.74) is -1.69. The third-order valence-electron chi connectivity index (χ3n) is 4.32. The minimum atomic E-state index is -4.46. The molecule has 1 unspecified atom stereocenters. The Hall–Kier alpha value is -1.98. The third kappa shape index (κ3) is 2.17. The number of halogens is 3. The van der Waals surface area contributed by atoms with Crippen LogP contribution in [0.1, 0.15) is 25.3 Å². The number of nitrogens with zero attached hydrogens (tertiary/aromatic N) is 2. The first kappa shape index (κ1) is 14.9. The average molecular weight is 310 g/mol. The van der Waals surface area contributed by atoms with Gasteiger partial charge in [0.25, 0.3) is 0 Å². The van der Waals surface area contributed by atoms with Crippen LogP contribution in [-0.2, 0) is 11.0 Å². The zero-order chi connectivity index (χ0) is 16.0. The van der Waals surface area contributed by atoms with Gasteiger partial charge in [0.2, 0.25) is 0 Å². The van der Waals surface area contributed by atoms with E-state index in [-0.39, 0.29) is 11.6 Å². The highest BCUT2D eigenvalue weighted by Crippen LogP contribution is 2.49. The van der Waals surface area contributed by atoms with E-state index in [2.05, 4.69) is 0 Å². The number of carbonyl (C=O) groups is 1. The van der Waals surface area contributed by atoms with Crippen LogP contribution in [0.4, 0.5) is 18.9 Å². The molecular weight excluding hydrogens is 293 g/mol. The zero-order valence-corrected chi connectivity index (χ0v) is 12.2. The molecule has 0 bridgehead atoms. The first-order valence-corrected chi connectivity index (χ1v) is 7.32. The Morgan fingerprint density at radius 3 is 2.55 bits per heavy atom. The predicted molar refractivity (Wildman–Crippen MR) is 77.0 cm³/mol. The second-order valence-corrected chi connectivity index (χ2v) is 5.68. The molecule has 0 spiro atoms. The molecule has 0 N–H and O–H groups in total. The highest BCUT2D eigenvalue weighted by Gasteiger charge is 2.53. The van der Waals surface area contributed by atoms with Gasteiger partial charge in [0.1, 0.15) is 5.54 Å². The molecule has 0 aromatic heterocycles. The Morgan fingerprint density at radius 1 is 1.32 bits per heavy atom. The molecule has 1 aliphatic heterocycles. The molecule has 22 heavy (non-hydrogen) atoms. The van der Waals surface area contributed by atoms with Crippen LogP contribution in [0.2, 0.25) is 0 Å².